The predicted molar refractivity (Wildman–Crippen MR) is 143 cm³/mol. The van der Waals surface area contributed by atoms with Crippen molar-refractivity contribution in [3.05, 3.63) is 83.1 Å². The molecule has 0 bridgehead atoms. The van der Waals surface area contributed by atoms with E-state index in [4.69, 9.17) is 5.11 Å². The molecule has 0 saturated carbocycles. The number of aryl methyl sites for hydroxylation is 1. The standard InChI is InChI=1S/C30H27F6N3O3/c1-17(15-25(40)41)7-13-23-26(18-8-11-21(12-9-18)29(31,32)33)38-22-14-10-20(16-24(22)37-23)28(42)39-27(30(34,35)36)19-5-3-2-4-6-19/h3,5-6,8-12,14,16-17,27H,2,4,7,13,15H2,1H3,(H,39,42)(H,40,41)/t17?,27-/m0/s1. The van der Waals surface area contributed by atoms with Crippen LogP contribution >= 0.6 is 0 Å². The lowest BCUT2D eigenvalue weighted by Crippen LogP contribution is -2.46. The summed E-state index contributed by atoms with van der Waals surface area (Å²) in [5, 5.41) is 11.1. The van der Waals surface area contributed by atoms with E-state index in [0.29, 0.717) is 30.5 Å². The molecule has 0 radical (unpaired) electrons. The molecule has 222 valence electrons. The second kappa shape index (κ2) is 12.3. The van der Waals surface area contributed by atoms with Gasteiger partial charge in [0.1, 0.15) is 0 Å². The lowest BCUT2D eigenvalue weighted by Gasteiger charge is -2.24. The van der Waals surface area contributed by atoms with Gasteiger partial charge in [0.05, 0.1) is 28.0 Å². The first-order valence-electron chi connectivity index (χ1n) is 13.2. The van der Waals surface area contributed by atoms with E-state index in [1.807, 2.05) is 0 Å². The quantitative estimate of drug-likeness (QED) is 0.255. The lowest BCUT2D eigenvalue weighted by molar-refractivity contribution is -0.144. The van der Waals surface area contributed by atoms with Crippen LogP contribution in [0.1, 0.15) is 54.2 Å². The van der Waals surface area contributed by atoms with E-state index in [0.717, 1.165) is 12.1 Å². The molecule has 1 unspecified atom stereocenters. The topological polar surface area (TPSA) is 92.2 Å². The minimum Gasteiger partial charge on any atom is -0.481 e. The highest BCUT2D eigenvalue weighted by Gasteiger charge is 2.42. The predicted octanol–water partition coefficient (Wildman–Crippen LogP) is 7.30. The number of allylic oxidation sites excluding steroid dienone is 2. The van der Waals surface area contributed by atoms with Crippen molar-refractivity contribution in [1.82, 2.24) is 15.3 Å². The van der Waals surface area contributed by atoms with Gasteiger partial charge in [-0.1, -0.05) is 37.3 Å². The van der Waals surface area contributed by atoms with Gasteiger partial charge >= 0.3 is 18.3 Å². The average Bonchev–Trinajstić information content (AvgIpc) is 2.93. The normalized spacial score (nSPS) is 15.3. The molecule has 0 spiro atoms. The zero-order valence-electron chi connectivity index (χ0n) is 22.4. The summed E-state index contributed by atoms with van der Waals surface area (Å²) in [4.78, 5) is 33.2. The minimum atomic E-state index is -4.73. The number of halogens is 6. The summed E-state index contributed by atoms with van der Waals surface area (Å²) in [5.74, 6) is -2.20. The van der Waals surface area contributed by atoms with E-state index in [1.165, 1.54) is 42.5 Å². The van der Waals surface area contributed by atoms with E-state index >= 15 is 0 Å². The van der Waals surface area contributed by atoms with Crippen LogP contribution in [0.4, 0.5) is 26.3 Å². The molecule has 2 aromatic carbocycles. The third kappa shape index (κ3) is 7.54. The van der Waals surface area contributed by atoms with Crippen molar-refractivity contribution in [2.75, 3.05) is 0 Å². The molecule has 0 saturated heterocycles. The number of alkyl halides is 6. The van der Waals surface area contributed by atoms with E-state index in [9.17, 15) is 35.9 Å². The van der Waals surface area contributed by atoms with Crippen molar-refractivity contribution in [2.45, 2.75) is 57.4 Å². The van der Waals surface area contributed by atoms with Gasteiger partial charge in [0.15, 0.2) is 6.04 Å². The number of hydrogen-bond acceptors (Lipinski definition) is 4. The van der Waals surface area contributed by atoms with Gasteiger partial charge in [-0.3, -0.25) is 9.59 Å². The van der Waals surface area contributed by atoms with Crippen LogP contribution in [-0.2, 0) is 17.4 Å². The van der Waals surface area contributed by atoms with Crippen LogP contribution in [0.15, 0.2) is 66.3 Å². The van der Waals surface area contributed by atoms with Crippen molar-refractivity contribution in [1.29, 1.82) is 0 Å². The maximum absolute atomic E-state index is 13.8. The number of nitrogens with zero attached hydrogens (tertiary/aromatic N) is 2. The highest BCUT2D eigenvalue weighted by atomic mass is 19.4. The van der Waals surface area contributed by atoms with Gasteiger partial charge in [-0.05, 0) is 67.5 Å². The third-order valence-electron chi connectivity index (χ3n) is 6.84. The van der Waals surface area contributed by atoms with Crippen LogP contribution in [0.2, 0.25) is 0 Å². The molecule has 1 heterocycles. The summed E-state index contributed by atoms with van der Waals surface area (Å²) in [6.07, 6.45) is -3.35. The molecule has 1 amide bonds. The Morgan fingerprint density at radius 1 is 0.976 bits per heavy atom. The molecule has 2 atom stereocenters. The van der Waals surface area contributed by atoms with Crippen LogP contribution in [0.5, 0.6) is 0 Å². The van der Waals surface area contributed by atoms with Crippen LogP contribution in [-0.4, -0.2) is 39.2 Å². The number of amides is 1. The fourth-order valence-corrected chi connectivity index (χ4v) is 4.65. The SMILES string of the molecule is CC(CCc1nc2cc(C(=O)N[C@@H](C3=CCCC=C3)C(F)(F)F)ccc2nc1-c1ccc(C(F)(F)F)cc1)CC(=O)O. The maximum atomic E-state index is 13.8. The first-order chi connectivity index (χ1) is 19.7. The van der Waals surface area contributed by atoms with E-state index in [1.54, 1.807) is 13.0 Å². The van der Waals surface area contributed by atoms with Gasteiger partial charge in [-0.25, -0.2) is 9.97 Å². The second-order valence-electron chi connectivity index (χ2n) is 10.2. The molecule has 0 aliphatic heterocycles. The zero-order valence-corrected chi connectivity index (χ0v) is 22.4. The van der Waals surface area contributed by atoms with Crippen molar-refractivity contribution in [2.24, 2.45) is 5.92 Å². The number of rotatable bonds is 9. The first-order valence-corrected chi connectivity index (χ1v) is 13.2. The van der Waals surface area contributed by atoms with Gasteiger partial charge in [0, 0.05) is 17.5 Å². The molecule has 1 aliphatic carbocycles. The van der Waals surface area contributed by atoms with Crippen molar-refractivity contribution in [3.8, 4) is 11.3 Å². The monoisotopic (exact) mass is 591 g/mol. The Labute approximate surface area is 237 Å². The fraction of sp³-hybridized carbons (Fsp3) is 0.333. The van der Waals surface area contributed by atoms with Crippen LogP contribution < -0.4 is 5.32 Å². The van der Waals surface area contributed by atoms with Gasteiger partial charge in [-0.15, -0.1) is 0 Å². The van der Waals surface area contributed by atoms with E-state index in [2.05, 4.69) is 15.3 Å². The van der Waals surface area contributed by atoms with Gasteiger partial charge in [-0.2, -0.15) is 26.3 Å². The van der Waals surface area contributed by atoms with Gasteiger partial charge < -0.3 is 10.4 Å². The average molecular weight is 592 g/mol. The molecule has 0 fully saturated rings. The lowest BCUT2D eigenvalue weighted by atomic mass is 9.97. The number of carboxylic acids is 1. The molecule has 2 N–H and O–H groups in total. The Hall–Kier alpha value is -4.22. The highest BCUT2D eigenvalue weighted by molar-refractivity contribution is 5.98. The Bertz CT molecular complexity index is 1530. The Kier molecular flexibility index (Phi) is 9.03. The summed E-state index contributed by atoms with van der Waals surface area (Å²) >= 11 is 0. The molecule has 4 rings (SSSR count). The Balaban J connectivity index is 1.69. The molecular formula is C30H27F6N3O3. The Morgan fingerprint density at radius 3 is 2.29 bits per heavy atom. The summed E-state index contributed by atoms with van der Waals surface area (Å²) < 4.78 is 80.7. The van der Waals surface area contributed by atoms with Crippen molar-refractivity contribution < 1.29 is 41.0 Å². The highest BCUT2D eigenvalue weighted by Crippen LogP contribution is 2.33. The van der Waals surface area contributed by atoms with Gasteiger partial charge in [0.2, 0.25) is 0 Å². The number of carboxylic acid groups (broad SMARTS) is 1. The second-order valence-corrected chi connectivity index (χ2v) is 10.2. The molecule has 1 aliphatic rings. The van der Waals surface area contributed by atoms with Crippen molar-refractivity contribution in [3.63, 3.8) is 0 Å². The van der Waals surface area contributed by atoms with Crippen LogP contribution in [0, 0.1) is 5.92 Å². The number of aromatic nitrogens is 2. The number of carbonyl (C=O) groups excluding carboxylic acids is 1. The molecule has 6 nitrogen and oxygen atoms in total. The van der Waals surface area contributed by atoms with Crippen LogP contribution in [0.3, 0.4) is 0 Å². The number of nitrogens with one attached hydrogen (secondary N) is 1. The smallest absolute Gasteiger partial charge is 0.416 e. The molecular weight excluding hydrogens is 564 g/mol. The van der Waals surface area contributed by atoms with Gasteiger partial charge in [0.25, 0.3) is 5.91 Å². The minimum absolute atomic E-state index is 0.0540. The van der Waals surface area contributed by atoms with E-state index < -0.39 is 35.8 Å². The fourth-order valence-electron chi connectivity index (χ4n) is 4.65. The van der Waals surface area contributed by atoms with Crippen LogP contribution in [0.25, 0.3) is 22.3 Å². The number of benzene rings is 2. The number of hydrogen-bond donors (Lipinski definition) is 2. The number of aliphatic carboxylic acids is 1. The molecule has 3 aromatic rings. The largest absolute Gasteiger partial charge is 0.481 e. The van der Waals surface area contributed by atoms with E-state index in [-0.39, 0.29) is 46.6 Å². The number of fused-ring (bicyclic) bond motifs is 1. The maximum Gasteiger partial charge on any atom is 0.416 e. The van der Waals surface area contributed by atoms with Crippen molar-refractivity contribution >= 4 is 22.9 Å². The molecule has 42 heavy (non-hydrogen) atoms. The summed E-state index contributed by atoms with van der Waals surface area (Å²) in [7, 11) is 0. The summed E-state index contributed by atoms with van der Waals surface area (Å²) in [6, 6.07) is 6.17. The zero-order chi connectivity index (χ0) is 30.7. The molecule has 12 heteroatoms. The Morgan fingerprint density at radius 2 is 1.69 bits per heavy atom. The summed E-state index contributed by atoms with van der Waals surface area (Å²) in [6.45, 7) is 1.73. The first kappa shape index (κ1) is 30.7. The third-order valence-corrected chi connectivity index (χ3v) is 6.84. The number of carbonyl (C=O) groups is 2. The summed E-state index contributed by atoms with van der Waals surface area (Å²) in [5.41, 5.74) is 0.465. The molecule has 1 aromatic heterocycles.